The molecule has 1 aromatic heterocycles. The minimum absolute atomic E-state index is 0.0589. The molecule has 1 saturated heterocycles. The highest BCUT2D eigenvalue weighted by molar-refractivity contribution is 5.92. The fourth-order valence-electron chi connectivity index (χ4n) is 3.49. The van der Waals surface area contributed by atoms with Gasteiger partial charge in [0.2, 0.25) is 6.29 Å². The molecule has 2 heterocycles. The predicted octanol–water partition coefficient (Wildman–Crippen LogP) is -0.178. The fraction of sp³-hybridized carbons (Fsp3) is 0.500. The third kappa shape index (κ3) is 3.80. The van der Waals surface area contributed by atoms with Gasteiger partial charge in [0, 0.05) is 24.1 Å². The molecule has 0 spiro atoms. The monoisotopic (exact) mass is 424 g/mol. The normalized spacial score (nSPS) is 26.6. The lowest BCUT2D eigenvalue weighted by Gasteiger charge is -2.40. The number of ether oxygens (including phenoxy) is 3. The van der Waals surface area contributed by atoms with Crippen LogP contribution in [0.25, 0.3) is 11.0 Å². The average molecular weight is 424 g/mol. The number of esters is 1. The zero-order valence-corrected chi connectivity index (χ0v) is 16.9. The number of carbonyl (C=O) groups excluding carboxylic acids is 1. The maximum atomic E-state index is 12.6. The Morgan fingerprint density at radius 3 is 2.33 bits per heavy atom. The van der Waals surface area contributed by atoms with Gasteiger partial charge in [-0.3, -0.25) is 9.59 Å². The first-order valence-corrected chi connectivity index (χ1v) is 9.30. The Bertz CT molecular complexity index is 1020. The van der Waals surface area contributed by atoms with E-state index in [1.54, 1.807) is 20.8 Å². The number of hydrogen-bond acceptors (Lipinski definition) is 10. The van der Waals surface area contributed by atoms with E-state index in [4.69, 9.17) is 18.6 Å². The summed E-state index contributed by atoms with van der Waals surface area (Å²) in [6.45, 7) is 5.30. The molecule has 2 aromatic rings. The van der Waals surface area contributed by atoms with Crippen LogP contribution in [0.4, 0.5) is 0 Å². The minimum atomic E-state index is -1.64. The van der Waals surface area contributed by atoms with Crippen LogP contribution >= 0.6 is 0 Å². The molecule has 0 bridgehead atoms. The van der Waals surface area contributed by atoms with Gasteiger partial charge in [0.1, 0.15) is 46.9 Å². The molecule has 0 aliphatic carbocycles. The quantitative estimate of drug-likeness (QED) is 0.384. The van der Waals surface area contributed by atoms with Crippen molar-refractivity contribution in [1.82, 2.24) is 0 Å². The van der Waals surface area contributed by atoms with Gasteiger partial charge < -0.3 is 39.1 Å². The maximum absolute atomic E-state index is 12.6. The van der Waals surface area contributed by atoms with Crippen LogP contribution in [-0.4, -0.2) is 63.7 Å². The van der Waals surface area contributed by atoms with Gasteiger partial charge in [0.05, 0.1) is 6.61 Å². The summed E-state index contributed by atoms with van der Waals surface area (Å²) in [4.78, 5) is 24.2. The molecule has 30 heavy (non-hydrogen) atoms. The van der Waals surface area contributed by atoms with Crippen molar-refractivity contribution in [2.75, 3.05) is 6.61 Å². The SMILES string of the molecule is CC(=O)Oc1c(C)c(O[C@@H]2O[C@H](CO)[C@@H](O)[C@H](O)[C@H]2O)c(C)c2oc(C)cc(=O)c12. The Kier molecular flexibility index (Phi) is 6.16. The number of carbonyl (C=O) groups is 1. The van der Waals surface area contributed by atoms with Crippen molar-refractivity contribution in [2.45, 2.75) is 58.4 Å². The summed E-state index contributed by atoms with van der Waals surface area (Å²) in [5, 5.41) is 39.6. The highest BCUT2D eigenvalue weighted by atomic mass is 16.7. The zero-order chi connectivity index (χ0) is 22.3. The van der Waals surface area contributed by atoms with Crippen LogP contribution in [0.5, 0.6) is 11.5 Å². The van der Waals surface area contributed by atoms with Crippen molar-refractivity contribution in [1.29, 1.82) is 0 Å². The van der Waals surface area contributed by atoms with Gasteiger partial charge >= 0.3 is 5.97 Å². The number of benzene rings is 1. The van der Waals surface area contributed by atoms with Crippen LogP contribution < -0.4 is 14.9 Å². The van der Waals surface area contributed by atoms with Gasteiger partial charge in [0.15, 0.2) is 11.2 Å². The number of aliphatic hydroxyl groups excluding tert-OH is 4. The molecule has 1 aliphatic heterocycles. The number of fused-ring (bicyclic) bond motifs is 1. The molecule has 0 radical (unpaired) electrons. The van der Waals surface area contributed by atoms with E-state index in [0.29, 0.717) is 11.3 Å². The Morgan fingerprint density at radius 2 is 1.73 bits per heavy atom. The molecule has 4 N–H and O–H groups in total. The van der Waals surface area contributed by atoms with Crippen molar-refractivity contribution in [3.05, 3.63) is 33.2 Å². The van der Waals surface area contributed by atoms with Crippen molar-refractivity contribution in [3.8, 4) is 11.5 Å². The first kappa shape index (κ1) is 22.2. The number of aliphatic hydroxyl groups is 4. The van der Waals surface area contributed by atoms with Gasteiger partial charge in [-0.05, 0) is 20.8 Å². The number of hydrogen-bond donors (Lipinski definition) is 4. The third-order valence-electron chi connectivity index (χ3n) is 4.99. The molecule has 1 fully saturated rings. The summed E-state index contributed by atoms with van der Waals surface area (Å²) in [6.07, 6.45) is -7.44. The van der Waals surface area contributed by atoms with Gasteiger partial charge in [-0.25, -0.2) is 0 Å². The second-order valence-electron chi connectivity index (χ2n) is 7.24. The molecule has 0 unspecified atom stereocenters. The van der Waals surface area contributed by atoms with Crippen LogP contribution in [0.15, 0.2) is 15.3 Å². The lowest BCUT2D eigenvalue weighted by molar-refractivity contribution is -0.277. The van der Waals surface area contributed by atoms with Crippen LogP contribution in [0.3, 0.4) is 0 Å². The highest BCUT2D eigenvalue weighted by Crippen LogP contribution is 2.40. The molecule has 0 saturated carbocycles. The third-order valence-corrected chi connectivity index (χ3v) is 4.99. The summed E-state index contributed by atoms with van der Waals surface area (Å²) in [5.74, 6) is -0.303. The molecule has 0 amide bonds. The smallest absolute Gasteiger partial charge is 0.308 e. The van der Waals surface area contributed by atoms with Crippen LogP contribution in [0.1, 0.15) is 23.8 Å². The van der Waals surface area contributed by atoms with Gasteiger partial charge in [-0.1, -0.05) is 0 Å². The molecule has 5 atom stereocenters. The first-order valence-electron chi connectivity index (χ1n) is 9.30. The van der Waals surface area contributed by atoms with E-state index in [1.165, 1.54) is 13.0 Å². The van der Waals surface area contributed by atoms with E-state index < -0.39 is 48.7 Å². The number of aryl methyl sites for hydroxylation is 2. The molecule has 1 aromatic carbocycles. The molecule has 3 rings (SSSR count). The molecule has 10 nitrogen and oxygen atoms in total. The van der Waals surface area contributed by atoms with Gasteiger partial charge in [0.25, 0.3) is 0 Å². The van der Waals surface area contributed by atoms with Crippen molar-refractivity contribution in [2.24, 2.45) is 0 Å². The lowest BCUT2D eigenvalue weighted by atomic mass is 9.99. The second kappa shape index (κ2) is 8.32. The molecule has 10 heteroatoms. The molecular formula is C20H24O10. The minimum Gasteiger partial charge on any atom is -0.461 e. The highest BCUT2D eigenvalue weighted by Gasteiger charge is 2.45. The Labute approximate surface area is 171 Å². The molecule has 164 valence electrons. The van der Waals surface area contributed by atoms with E-state index in [-0.39, 0.29) is 28.0 Å². The topological polar surface area (TPSA) is 156 Å². The van der Waals surface area contributed by atoms with Crippen LogP contribution in [0.2, 0.25) is 0 Å². The average Bonchev–Trinajstić information content (AvgIpc) is 2.67. The van der Waals surface area contributed by atoms with Gasteiger partial charge in [-0.2, -0.15) is 0 Å². The van der Waals surface area contributed by atoms with Crippen molar-refractivity contribution < 1.29 is 43.8 Å². The fourth-order valence-corrected chi connectivity index (χ4v) is 3.49. The van der Waals surface area contributed by atoms with Crippen LogP contribution in [-0.2, 0) is 9.53 Å². The van der Waals surface area contributed by atoms with E-state index in [2.05, 4.69) is 0 Å². The standard InChI is InChI=1S/C20H24O10/c1-7-5-11(23)13-18(27-7)8(2)17(9(3)19(13)28-10(4)22)30-20-16(26)15(25)14(24)12(6-21)29-20/h5,12,14-16,20-21,24-26H,6H2,1-4H3/t12-,14-,15+,16-,20+/m1/s1. The second-order valence-corrected chi connectivity index (χ2v) is 7.24. The van der Waals surface area contributed by atoms with E-state index in [9.17, 15) is 30.0 Å². The van der Waals surface area contributed by atoms with Gasteiger partial charge in [-0.15, -0.1) is 0 Å². The maximum Gasteiger partial charge on any atom is 0.308 e. The summed E-state index contributed by atoms with van der Waals surface area (Å²) in [7, 11) is 0. The summed E-state index contributed by atoms with van der Waals surface area (Å²) in [6, 6.07) is 1.27. The van der Waals surface area contributed by atoms with Crippen molar-refractivity contribution >= 4 is 16.9 Å². The first-order chi connectivity index (χ1) is 14.1. The Hall–Kier alpha value is -2.50. The predicted molar refractivity (Wildman–Crippen MR) is 102 cm³/mol. The van der Waals surface area contributed by atoms with E-state index >= 15 is 0 Å². The van der Waals surface area contributed by atoms with Crippen LogP contribution in [0, 0.1) is 20.8 Å². The van der Waals surface area contributed by atoms with Crippen molar-refractivity contribution in [3.63, 3.8) is 0 Å². The largest absolute Gasteiger partial charge is 0.461 e. The summed E-state index contributed by atoms with van der Waals surface area (Å²) >= 11 is 0. The Morgan fingerprint density at radius 1 is 1.07 bits per heavy atom. The lowest BCUT2D eigenvalue weighted by Crippen LogP contribution is -2.60. The summed E-state index contributed by atoms with van der Waals surface area (Å²) in [5.41, 5.74) is 0.358. The van der Waals surface area contributed by atoms with E-state index in [0.717, 1.165) is 0 Å². The zero-order valence-electron chi connectivity index (χ0n) is 16.9. The van der Waals surface area contributed by atoms with E-state index in [1.807, 2.05) is 0 Å². The molecule has 1 aliphatic rings. The summed E-state index contributed by atoms with van der Waals surface area (Å²) < 4.78 is 22.1. The molecular weight excluding hydrogens is 400 g/mol. The Balaban J connectivity index is 2.16. The number of rotatable bonds is 4.